The Labute approximate surface area is 127 Å². The van der Waals surface area contributed by atoms with E-state index in [1.165, 1.54) is 24.8 Å². The van der Waals surface area contributed by atoms with Crippen molar-refractivity contribution in [3.8, 4) is 11.8 Å². The average Bonchev–Trinajstić information content (AvgIpc) is 2.58. The number of benzene rings is 2. The molecule has 0 amide bonds. The lowest BCUT2D eigenvalue weighted by atomic mass is 10.0. The first-order valence-corrected chi connectivity index (χ1v) is 7.79. The molecule has 1 aliphatic rings. The molecule has 3 rings (SSSR count). The van der Waals surface area contributed by atoms with Gasteiger partial charge in [-0.25, -0.2) is 0 Å². The predicted octanol–water partition coefficient (Wildman–Crippen LogP) is 4.27. The summed E-state index contributed by atoms with van der Waals surface area (Å²) in [6.07, 6.45) is 3.93. The topological polar surface area (TPSA) is 3.24 Å². The predicted molar refractivity (Wildman–Crippen MR) is 87.9 cm³/mol. The molecule has 106 valence electrons. The van der Waals surface area contributed by atoms with Gasteiger partial charge in [-0.3, -0.25) is 4.90 Å². The van der Waals surface area contributed by atoms with Crippen LogP contribution >= 0.6 is 0 Å². The van der Waals surface area contributed by atoms with E-state index in [1.54, 1.807) is 0 Å². The summed E-state index contributed by atoms with van der Waals surface area (Å²) in [5.74, 6) is 6.85. The fourth-order valence-corrected chi connectivity index (χ4v) is 2.87. The van der Waals surface area contributed by atoms with Crippen LogP contribution in [-0.4, -0.2) is 18.0 Å². The first kappa shape index (κ1) is 13.9. The summed E-state index contributed by atoms with van der Waals surface area (Å²) >= 11 is 0. The van der Waals surface area contributed by atoms with E-state index in [4.69, 9.17) is 0 Å². The third-order valence-corrected chi connectivity index (χ3v) is 4.00. The van der Waals surface area contributed by atoms with Gasteiger partial charge in [0.05, 0.1) is 6.04 Å². The zero-order chi connectivity index (χ0) is 14.3. The fourth-order valence-electron chi connectivity index (χ4n) is 2.87. The molecule has 1 fully saturated rings. The van der Waals surface area contributed by atoms with E-state index in [0.717, 1.165) is 18.7 Å². The van der Waals surface area contributed by atoms with Crippen LogP contribution in [0.1, 0.15) is 36.4 Å². The molecule has 2 aromatic rings. The highest BCUT2D eigenvalue weighted by atomic mass is 15.2. The van der Waals surface area contributed by atoms with Crippen molar-refractivity contribution in [2.75, 3.05) is 13.1 Å². The van der Waals surface area contributed by atoms with Crippen LogP contribution in [0.15, 0.2) is 60.7 Å². The number of hydrogen-bond donors (Lipinski definition) is 0. The summed E-state index contributed by atoms with van der Waals surface area (Å²) in [5, 5.41) is 0. The van der Waals surface area contributed by atoms with Crippen LogP contribution in [0.4, 0.5) is 0 Å². The molecule has 0 spiro atoms. The molecule has 2 aromatic carbocycles. The minimum Gasteiger partial charge on any atom is -0.286 e. The highest BCUT2D eigenvalue weighted by Crippen LogP contribution is 2.24. The average molecular weight is 275 g/mol. The van der Waals surface area contributed by atoms with Crippen LogP contribution < -0.4 is 0 Å². The van der Waals surface area contributed by atoms with E-state index >= 15 is 0 Å². The maximum Gasteiger partial charge on any atom is 0.0974 e. The van der Waals surface area contributed by atoms with Crippen molar-refractivity contribution in [1.82, 2.24) is 4.90 Å². The summed E-state index contributed by atoms with van der Waals surface area (Å²) in [7, 11) is 0. The first-order chi connectivity index (χ1) is 10.4. The van der Waals surface area contributed by atoms with Gasteiger partial charge in [0.15, 0.2) is 0 Å². The molecule has 21 heavy (non-hydrogen) atoms. The lowest BCUT2D eigenvalue weighted by Crippen LogP contribution is -2.33. The summed E-state index contributed by atoms with van der Waals surface area (Å²) in [6, 6.07) is 21.2. The van der Waals surface area contributed by atoms with E-state index in [0.29, 0.717) is 0 Å². The van der Waals surface area contributed by atoms with E-state index in [2.05, 4.69) is 59.2 Å². The standard InChI is InChI=1S/C20H21N/c1-4-10-18(11-5-1)14-15-20(19-12-6-2-7-13-19)21-16-8-3-9-17-21/h1-2,4-7,10-13,20H,3,8-9,16-17H2. The molecule has 0 aromatic heterocycles. The van der Waals surface area contributed by atoms with Crippen LogP contribution in [-0.2, 0) is 0 Å². The van der Waals surface area contributed by atoms with Gasteiger partial charge in [-0.2, -0.15) is 0 Å². The molecule has 1 heteroatoms. The molecule has 1 unspecified atom stereocenters. The molecule has 1 atom stereocenters. The van der Waals surface area contributed by atoms with Crippen molar-refractivity contribution < 1.29 is 0 Å². The molecule has 1 aliphatic heterocycles. The Morgan fingerprint density at radius 2 is 1.38 bits per heavy atom. The third-order valence-electron chi connectivity index (χ3n) is 4.00. The molecule has 0 saturated carbocycles. The Balaban J connectivity index is 1.87. The van der Waals surface area contributed by atoms with E-state index in [-0.39, 0.29) is 6.04 Å². The molecular weight excluding hydrogens is 254 g/mol. The highest BCUT2D eigenvalue weighted by Gasteiger charge is 2.20. The number of nitrogens with zero attached hydrogens (tertiary/aromatic N) is 1. The van der Waals surface area contributed by atoms with E-state index in [1.807, 2.05) is 18.2 Å². The molecular formula is C20H21N. The van der Waals surface area contributed by atoms with Gasteiger partial charge in [0.25, 0.3) is 0 Å². The van der Waals surface area contributed by atoms with Crippen molar-refractivity contribution in [1.29, 1.82) is 0 Å². The van der Waals surface area contributed by atoms with Gasteiger partial charge in [-0.15, -0.1) is 0 Å². The van der Waals surface area contributed by atoms with E-state index in [9.17, 15) is 0 Å². The Hall–Kier alpha value is -2.04. The van der Waals surface area contributed by atoms with Crippen molar-refractivity contribution in [2.45, 2.75) is 25.3 Å². The Morgan fingerprint density at radius 3 is 2.05 bits per heavy atom. The zero-order valence-corrected chi connectivity index (χ0v) is 12.3. The first-order valence-electron chi connectivity index (χ1n) is 7.79. The highest BCUT2D eigenvalue weighted by molar-refractivity contribution is 5.37. The minimum absolute atomic E-state index is 0.215. The van der Waals surface area contributed by atoms with Gasteiger partial charge >= 0.3 is 0 Å². The SMILES string of the molecule is C(#CC(c1ccccc1)N1CCCCC1)c1ccccc1. The molecule has 0 N–H and O–H groups in total. The summed E-state index contributed by atoms with van der Waals surface area (Å²) < 4.78 is 0. The summed E-state index contributed by atoms with van der Waals surface area (Å²) in [4.78, 5) is 2.52. The van der Waals surface area contributed by atoms with Gasteiger partial charge in [0.1, 0.15) is 0 Å². The number of rotatable bonds is 2. The lowest BCUT2D eigenvalue weighted by Gasteiger charge is -2.31. The second-order valence-corrected chi connectivity index (χ2v) is 5.55. The number of hydrogen-bond acceptors (Lipinski definition) is 1. The molecule has 1 heterocycles. The Morgan fingerprint density at radius 1 is 0.762 bits per heavy atom. The van der Waals surface area contributed by atoms with Gasteiger partial charge in [-0.05, 0) is 43.6 Å². The fraction of sp³-hybridized carbons (Fsp3) is 0.300. The lowest BCUT2D eigenvalue weighted by molar-refractivity contribution is 0.197. The Kier molecular flexibility index (Phi) is 4.71. The van der Waals surface area contributed by atoms with Gasteiger partial charge < -0.3 is 0 Å². The van der Waals surface area contributed by atoms with Crippen LogP contribution in [0.3, 0.4) is 0 Å². The van der Waals surface area contributed by atoms with Gasteiger partial charge in [0.2, 0.25) is 0 Å². The normalized spacial score (nSPS) is 16.8. The largest absolute Gasteiger partial charge is 0.286 e. The number of piperidine rings is 1. The maximum atomic E-state index is 3.50. The second-order valence-electron chi connectivity index (χ2n) is 5.55. The van der Waals surface area contributed by atoms with Crippen molar-refractivity contribution in [2.24, 2.45) is 0 Å². The minimum atomic E-state index is 0.215. The maximum absolute atomic E-state index is 3.50. The van der Waals surface area contributed by atoms with Crippen LogP contribution in [0, 0.1) is 11.8 Å². The smallest absolute Gasteiger partial charge is 0.0974 e. The number of likely N-dealkylation sites (tertiary alicyclic amines) is 1. The quantitative estimate of drug-likeness (QED) is 0.740. The van der Waals surface area contributed by atoms with Gasteiger partial charge in [-0.1, -0.05) is 66.8 Å². The molecule has 0 aliphatic carbocycles. The summed E-state index contributed by atoms with van der Waals surface area (Å²) in [5.41, 5.74) is 2.40. The van der Waals surface area contributed by atoms with E-state index < -0.39 is 0 Å². The Bertz CT molecular complexity index is 601. The van der Waals surface area contributed by atoms with Gasteiger partial charge in [0, 0.05) is 5.56 Å². The van der Waals surface area contributed by atoms with Crippen molar-refractivity contribution in [3.05, 3.63) is 71.8 Å². The third kappa shape index (κ3) is 3.74. The van der Waals surface area contributed by atoms with Crippen LogP contribution in [0.2, 0.25) is 0 Å². The molecule has 1 saturated heterocycles. The molecule has 1 nitrogen and oxygen atoms in total. The molecule has 0 bridgehead atoms. The van der Waals surface area contributed by atoms with Crippen molar-refractivity contribution in [3.63, 3.8) is 0 Å². The second kappa shape index (κ2) is 7.11. The zero-order valence-electron chi connectivity index (χ0n) is 12.3. The molecule has 0 radical (unpaired) electrons. The van der Waals surface area contributed by atoms with Crippen LogP contribution in [0.25, 0.3) is 0 Å². The van der Waals surface area contributed by atoms with Crippen molar-refractivity contribution >= 4 is 0 Å². The van der Waals surface area contributed by atoms with Crippen LogP contribution in [0.5, 0.6) is 0 Å². The summed E-state index contributed by atoms with van der Waals surface area (Å²) in [6.45, 7) is 2.31. The monoisotopic (exact) mass is 275 g/mol.